The number of aliphatic hydroxyl groups is 1. The molecule has 1 aromatic carbocycles. The first kappa shape index (κ1) is 17.8. The van der Waals surface area contributed by atoms with Gasteiger partial charge in [-0.05, 0) is 18.1 Å². The molecule has 1 heterocycles. The normalized spacial score (nSPS) is 12.0. The number of rotatable bonds is 8. The van der Waals surface area contributed by atoms with Gasteiger partial charge in [0, 0.05) is 24.4 Å². The number of nitrogens with zero attached hydrogens (tertiary/aromatic N) is 1. The van der Waals surface area contributed by atoms with Crippen LogP contribution in [0.3, 0.4) is 0 Å². The number of hydrogen-bond acceptors (Lipinski definition) is 4. The van der Waals surface area contributed by atoms with Gasteiger partial charge in [-0.25, -0.2) is 13.8 Å². The zero-order valence-electron chi connectivity index (χ0n) is 12.9. The number of carbonyl (C=O) groups excluding carboxylic acids is 1. The number of hydrogen-bond donors (Lipinski definition) is 2. The van der Waals surface area contributed by atoms with Gasteiger partial charge in [-0.1, -0.05) is 30.3 Å². The highest BCUT2D eigenvalue weighted by molar-refractivity contribution is 5.94. The van der Waals surface area contributed by atoms with Gasteiger partial charge in [-0.2, -0.15) is 0 Å². The van der Waals surface area contributed by atoms with Crippen LogP contribution in [0.1, 0.15) is 28.4 Å². The molecule has 0 aliphatic heterocycles. The van der Waals surface area contributed by atoms with Crippen LogP contribution in [0.25, 0.3) is 0 Å². The van der Waals surface area contributed by atoms with Gasteiger partial charge in [0.1, 0.15) is 0 Å². The topological polar surface area (TPSA) is 71.5 Å². The summed E-state index contributed by atoms with van der Waals surface area (Å²) in [6.45, 7) is -0.508. The third-order valence-corrected chi connectivity index (χ3v) is 3.24. The summed E-state index contributed by atoms with van der Waals surface area (Å²) in [4.78, 5) is 15.8. The van der Waals surface area contributed by atoms with E-state index in [2.05, 4.69) is 10.3 Å². The molecule has 128 valence electrons. The van der Waals surface area contributed by atoms with Crippen molar-refractivity contribution in [1.82, 2.24) is 10.3 Å². The number of amides is 1. The van der Waals surface area contributed by atoms with E-state index < -0.39 is 19.1 Å². The second kappa shape index (κ2) is 8.93. The molecule has 2 aromatic rings. The number of ether oxygens (including phenoxy) is 1. The van der Waals surface area contributed by atoms with Gasteiger partial charge in [0.15, 0.2) is 6.61 Å². The van der Waals surface area contributed by atoms with Crippen LogP contribution >= 0.6 is 0 Å². The lowest BCUT2D eigenvalue weighted by Crippen LogP contribution is -2.25. The van der Waals surface area contributed by atoms with Crippen LogP contribution in [0, 0.1) is 0 Å². The van der Waals surface area contributed by atoms with Gasteiger partial charge < -0.3 is 15.2 Å². The van der Waals surface area contributed by atoms with E-state index in [4.69, 9.17) is 4.74 Å². The molecule has 1 atom stereocenters. The molecule has 0 fully saturated rings. The molecule has 0 radical (unpaired) electrons. The van der Waals surface area contributed by atoms with Gasteiger partial charge >= 0.3 is 0 Å². The molecule has 24 heavy (non-hydrogen) atoms. The molecule has 0 spiro atoms. The van der Waals surface area contributed by atoms with Crippen molar-refractivity contribution in [3.63, 3.8) is 0 Å². The number of halogens is 2. The standard InChI is InChI=1S/C17H18F2N2O3/c18-15(19)11-24-16-10-13(6-8-20-16)17(23)21-9-7-14(22)12-4-2-1-3-5-12/h1-6,8,10,14-15,22H,7,9,11H2,(H,21,23). The van der Waals surface area contributed by atoms with Crippen molar-refractivity contribution < 1.29 is 23.4 Å². The molecule has 0 bridgehead atoms. The van der Waals surface area contributed by atoms with Gasteiger partial charge in [0.2, 0.25) is 5.88 Å². The Balaban J connectivity index is 1.83. The smallest absolute Gasteiger partial charge is 0.272 e. The highest BCUT2D eigenvalue weighted by Crippen LogP contribution is 2.15. The van der Waals surface area contributed by atoms with E-state index in [9.17, 15) is 18.7 Å². The van der Waals surface area contributed by atoms with Crippen LogP contribution in [0.15, 0.2) is 48.7 Å². The molecule has 0 saturated heterocycles. The van der Waals surface area contributed by atoms with Crippen LogP contribution in [-0.4, -0.2) is 35.6 Å². The van der Waals surface area contributed by atoms with Crippen LogP contribution < -0.4 is 10.1 Å². The maximum Gasteiger partial charge on any atom is 0.272 e. The Bertz CT molecular complexity index is 653. The zero-order valence-corrected chi connectivity index (χ0v) is 12.9. The van der Waals surface area contributed by atoms with Crippen LogP contribution in [0.5, 0.6) is 5.88 Å². The van der Waals surface area contributed by atoms with E-state index in [-0.39, 0.29) is 23.9 Å². The summed E-state index contributed by atoms with van der Waals surface area (Å²) in [5.74, 6) is -0.424. The Morgan fingerprint density at radius 3 is 2.71 bits per heavy atom. The number of pyridine rings is 1. The largest absolute Gasteiger partial charge is 0.472 e. The van der Waals surface area contributed by atoms with Crippen molar-refractivity contribution in [3.05, 3.63) is 59.8 Å². The molecule has 0 aliphatic rings. The summed E-state index contributed by atoms with van der Waals surface area (Å²) in [7, 11) is 0. The predicted octanol–water partition coefficient (Wildman–Crippen LogP) is 2.58. The SMILES string of the molecule is O=C(NCCC(O)c1ccccc1)c1ccnc(OCC(F)F)c1. The Hall–Kier alpha value is -2.54. The number of aliphatic hydroxyl groups excluding tert-OH is 1. The Labute approximate surface area is 138 Å². The predicted molar refractivity (Wildman–Crippen MR) is 84.1 cm³/mol. The third-order valence-electron chi connectivity index (χ3n) is 3.24. The number of alkyl halides is 2. The quantitative estimate of drug-likeness (QED) is 0.777. The van der Waals surface area contributed by atoms with Crippen LogP contribution in [0.4, 0.5) is 8.78 Å². The Kier molecular flexibility index (Phi) is 6.62. The van der Waals surface area contributed by atoms with Crippen molar-refractivity contribution >= 4 is 5.91 Å². The minimum absolute atomic E-state index is 0.0349. The van der Waals surface area contributed by atoms with E-state index >= 15 is 0 Å². The first-order chi connectivity index (χ1) is 11.6. The maximum atomic E-state index is 12.1. The van der Waals surface area contributed by atoms with Crippen molar-refractivity contribution in [2.24, 2.45) is 0 Å². The minimum atomic E-state index is -2.61. The van der Waals surface area contributed by atoms with E-state index in [1.165, 1.54) is 18.3 Å². The summed E-state index contributed by atoms with van der Waals surface area (Å²) in [5, 5.41) is 12.7. The first-order valence-electron chi connectivity index (χ1n) is 7.44. The lowest BCUT2D eigenvalue weighted by molar-refractivity contribution is 0.0794. The zero-order chi connectivity index (χ0) is 17.4. The lowest BCUT2D eigenvalue weighted by Gasteiger charge is -2.12. The van der Waals surface area contributed by atoms with Gasteiger partial charge in [-0.3, -0.25) is 4.79 Å². The highest BCUT2D eigenvalue weighted by atomic mass is 19.3. The van der Waals surface area contributed by atoms with Crippen LogP contribution in [-0.2, 0) is 0 Å². The first-order valence-corrected chi connectivity index (χ1v) is 7.44. The maximum absolute atomic E-state index is 12.1. The van der Waals surface area contributed by atoms with Gasteiger partial charge in [0.25, 0.3) is 12.3 Å². The monoisotopic (exact) mass is 336 g/mol. The number of benzene rings is 1. The number of carbonyl (C=O) groups is 1. The fourth-order valence-electron chi connectivity index (χ4n) is 2.04. The second-order valence-electron chi connectivity index (χ2n) is 5.06. The fraction of sp³-hybridized carbons (Fsp3) is 0.294. The summed E-state index contributed by atoms with van der Waals surface area (Å²) in [6.07, 6.45) is -1.61. The van der Waals surface area contributed by atoms with Crippen molar-refractivity contribution in [3.8, 4) is 5.88 Å². The summed E-state index contributed by atoms with van der Waals surface area (Å²) in [6, 6.07) is 11.9. The molecule has 0 aliphatic carbocycles. The van der Waals surface area contributed by atoms with E-state index in [1.807, 2.05) is 30.3 Å². The molecular formula is C17H18F2N2O3. The highest BCUT2D eigenvalue weighted by Gasteiger charge is 2.11. The average molecular weight is 336 g/mol. The van der Waals surface area contributed by atoms with E-state index in [1.54, 1.807) is 0 Å². The lowest BCUT2D eigenvalue weighted by atomic mass is 10.1. The molecular weight excluding hydrogens is 318 g/mol. The molecule has 2 N–H and O–H groups in total. The molecule has 1 aromatic heterocycles. The molecule has 7 heteroatoms. The van der Waals surface area contributed by atoms with Crippen molar-refractivity contribution in [2.75, 3.05) is 13.2 Å². The third kappa shape index (κ3) is 5.58. The molecule has 1 unspecified atom stereocenters. The molecule has 2 rings (SSSR count). The van der Waals surface area contributed by atoms with Gasteiger partial charge in [0.05, 0.1) is 6.10 Å². The molecule has 0 saturated carbocycles. The summed E-state index contributed by atoms with van der Waals surface area (Å²) >= 11 is 0. The van der Waals surface area contributed by atoms with E-state index in [0.717, 1.165) is 5.56 Å². The molecule has 5 nitrogen and oxygen atoms in total. The van der Waals surface area contributed by atoms with Crippen molar-refractivity contribution in [2.45, 2.75) is 19.0 Å². The minimum Gasteiger partial charge on any atom is -0.472 e. The van der Waals surface area contributed by atoms with Gasteiger partial charge in [-0.15, -0.1) is 0 Å². The summed E-state index contributed by atoms with van der Waals surface area (Å²) in [5.41, 5.74) is 1.03. The number of aromatic nitrogens is 1. The Morgan fingerprint density at radius 1 is 1.25 bits per heavy atom. The molecule has 1 amide bonds. The van der Waals surface area contributed by atoms with Crippen LogP contribution in [0.2, 0.25) is 0 Å². The number of nitrogens with one attached hydrogen (secondary N) is 1. The average Bonchev–Trinajstić information content (AvgIpc) is 2.60. The second-order valence-corrected chi connectivity index (χ2v) is 5.06. The fourth-order valence-corrected chi connectivity index (χ4v) is 2.04. The summed E-state index contributed by atoms with van der Waals surface area (Å²) < 4.78 is 29.0. The Morgan fingerprint density at radius 2 is 2.00 bits per heavy atom. The van der Waals surface area contributed by atoms with Crippen molar-refractivity contribution in [1.29, 1.82) is 0 Å². The van der Waals surface area contributed by atoms with E-state index in [0.29, 0.717) is 6.42 Å².